The molecule has 0 aromatic heterocycles. The molecule has 150 valence electrons. The van der Waals surface area contributed by atoms with Crippen molar-refractivity contribution in [3.63, 3.8) is 0 Å². The summed E-state index contributed by atoms with van der Waals surface area (Å²) < 4.78 is 43.7. The molecule has 1 atom stereocenters. The summed E-state index contributed by atoms with van der Waals surface area (Å²) >= 11 is 0. The first-order valence-corrected chi connectivity index (χ1v) is 10.4. The van der Waals surface area contributed by atoms with Gasteiger partial charge < -0.3 is 9.64 Å². The van der Waals surface area contributed by atoms with Gasteiger partial charge in [-0.15, -0.1) is 0 Å². The Bertz CT molecular complexity index is 758. The number of hydrogen-bond acceptors (Lipinski definition) is 5. The van der Waals surface area contributed by atoms with Gasteiger partial charge in [-0.2, -0.15) is 4.31 Å². The minimum absolute atomic E-state index is 0.132. The van der Waals surface area contributed by atoms with Gasteiger partial charge in [0.2, 0.25) is 10.0 Å². The molecule has 0 radical (unpaired) electrons. The lowest BCUT2D eigenvalue weighted by atomic mass is 10.2. The van der Waals surface area contributed by atoms with Crippen molar-refractivity contribution in [1.82, 2.24) is 9.21 Å². The Morgan fingerprint density at radius 2 is 1.70 bits per heavy atom. The highest BCUT2D eigenvalue weighted by atomic mass is 32.2. The van der Waals surface area contributed by atoms with Crippen LogP contribution in [-0.2, 0) is 24.3 Å². The maximum Gasteiger partial charge on any atom is 0.322 e. The molecule has 0 aliphatic carbocycles. The summed E-state index contributed by atoms with van der Waals surface area (Å²) in [6.45, 7) is 2.22. The number of halogens is 1. The highest BCUT2D eigenvalue weighted by Crippen LogP contribution is 2.15. The van der Waals surface area contributed by atoms with E-state index in [-0.39, 0.29) is 10.8 Å². The first-order valence-electron chi connectivity index (χ1n) is 8.92. The van der Waals surface area contributed by atoms with Gasteiger partial charge in [-0.1, -0.05) is 12.8 Å². The molecule has 1 aliphatic heterocycles. The van der Waals surface area contributed by atoms with Crippen LogP contribution >= 0.6 is 0 Å². The van der Waals surface area contributed by atoms with Crippen molar-refractivity contribution in [2.24, 2.45) is 0 Å². The maximum absolute atomic E-state index is 13.0. The molecule has 0 spiro atoms. The van der Waals surface area contributed by atoms with Gasteiger partial charge in [0, 0.05) is 20.1 Å². The molecule has 1 aromatic rings. The smallest absolute Gasteiger partial charge is 0.322 e. The summed E-state index contributed by atoms with van der Waals surface area (Å²) in [5.41, 5.74) is 0. The van der Waals surface area contributed by atoms with Crippen LogP contribution in [0, 0.1) is 5.82 Å². The molecule has 2 rings (SSSR count). The van der Waals surface area contributed by atoms with Crippen molar-refractivity contribution >= 4 is 21.9 Å². The summed E-state index contributed by atoms with van der Waals surface area (Å²) in [6.07, 6.45) is 3.02. The summed E-state index contributed by atoms with van der Waals surface area (Å²) in [5, 5.41) is 0. The summed E-state index contributed by atoms with van der Waals surface area (Å²) in [7, 11) is -2.74. The van der Waals surface area contributed by atoms with Crippen LogP contribution in [0.5, 0.6) is 0 Å². The van der Waals surface area contributed by atoms with Crippen molar-refractivity contribution in [3.8, 4) is 0 Å². The lowest BCUT2D eigenvalue weighted by Gasteiger charge is -2.24. The molecule has 0 N–H and O–H groups in total. The van der Waals surface area contributed by atoms with Crippen LogP contribution in [0.3, 0.4) is 0 Å². The van der Waals surface area contributed by atoms with Gasteiger partial charge in [-0.05, 0) is 44.0 Å². The van der Waals surface area contributed by atoms with Crippen molar-refractivity contribution in [2.45, 2.75) is 43.6 Å². The standard InChI is InChI=1S/C18H25FN2O5S/c1-14(18(23)21-11-5-3-4-6-12-21)26-17(22)13-20(2)27(24,25)16-9-7-15(19)8-10-16/h7-10,14H,3-6,11-13H2,1-2H3/t14-/m0/s1. The number of likely N-dealkylation sites (N-methyl/N-ethyl adjacent to an activating group) is 1. The normalized spacial score (nSPS) is 16.7. The van der Waals surface area contributed by atoms with Crippen LogP contribution in [0.2, 0.25) is 0 Å². The lowest BCUT2D eigenvalue weighted by Crippen LogP contribution is -2.42. The topological polar surface area (TPSA) is 84.0 Å². The summed E-state index contributed by atoms with van der Waals surface area (Å²) in [4.78, 5) is 26.0. The average Bonchev–Trinajstić information content (AvgIpc) is 2.90. The molecule has 27 heavy (non-hydrogen) atoms. The Hall–Kier alpha value is -2.00. The van der Waals surface area contributed by atoms with E-state index in [2.05, 4.69) is 0 Å². The average molecular weight is 400 g/mol. The van der Waals surface area contributed by atoms with E-state index in [9.17, 15) is 22.4 Å². The Morgan fingerprint density at radius 3 is 2.26 bits per heavy atom. The second-order valence-electron chi connectivity index (χ2n) is 6.59. The van der Waals surface area contributed by atoms with Gasteiger partial charge in [0.1, 0.15) is 12.4 Å². The molecule has 1 heterocycles. The predicted molar refractivity (Wildman–Crippen MR) is 96.8 cm³/mol. The Kier molecular flexibility index (Phi) is 7.32. The number of carbonyl (C=O) groups is 2. The Morgan fingerprint density at radius 1 is 1.15 bits per heavy atom. The lowest BCUT2D eigenvalue weighted by molar-refractivity contribution is -0.159. The van der Waals surface area contributed by atoms with E-state index in [1.54, 1.807) is 4.90 Å². The van der Waals surface area contributed by atoms with Crippen LogP contribution < -0.4 is 0 Å². The van der Waals surface area contributed by atoms with E-state index in [4.69, 9.17) is 4.74 Å². The number of rotatable bonds is 6. The third kappa shape index (κ3) is 5.74. The molecule has 7 nitrogen and oxygen atoms in total. The van der Waals surface area contributed by atoms with Crippen molar-refractivity contribution < 1.29 is 27.1 Å². The highest BCUT2D eigenvalue weighted by Gasteiger charge is 2.27. The predicted octanol–water partition coefficient (Wildman–Crippen LogP) is 1.78. The monoisotopic (exact) mass is 400 g/mol. The largest absolute Gasteiger partial charge is 0.452 e. The molecular weight excluding hydrogens is 375 g/mol. The number of esters is 1. The molecule has 0 saturated carbocycles. The van der Waals surface area contributed by atoms with Crippen LogP contribution in [0.4, 0.5) is 4.39 Å². The number of nitrogens with zero attached hydrogens (tertiary/aromatic N) is 2. The molecule has 1 aromatic carbocycles. The van der Waals surface area contributed by atoms with E-state index < -0.39 is 34.5 Å². The first kappa shape index (κ1) is 21.3. The summed E-state index contributed by atoms with van der Waals surface area (Å²) in [6, 6.07) is 4.30. The molecule has 1 saturated heterocycles. The quantitative estimate of drug-likeness (QED) is 0.680. The van der Waals surface area contributed by atoms with E-state index in [0.717, 1.165) is 54.3 Å². The zero-order valence-corrected chi connectivity index (χ0v) is 16.4. The van der Waals surface area contributed by atoms with E-state index >= 15 is 0 Å². The summed E-state index contributed by atoms with van der Waals surface area (Å²) in [5.74, 6) is -1.65. The zero-order chi connectivity index (χ0) is 20.0. The van der Waals surface area contributed by atoms with Crippen molar-refractivity contribution in [1.29, 1.82) is 0 Å². The van der Waals surface area contributed by atoms with Gasteiger partial charge >= 0.3 is 5.97 Å². The van der Waals surface area contributed by atoms with Crippen LogP contribution in [-0.4, -0.2) is 62.3 Å². The zero-order valence-electron chi connectivity index (χ0n) is 15.6. The number of likely N-dealkylation sites (tertiary alicyclic amines) is 1. The third-order valence-electron chi connectivity index (χ3n) is 4.45. The number of amides is 1. The number of hydrogen-bond donors (Lipinski definition) is 0. The molecule has 9 heteroatoms. The Balaban J connectivity index is 1.93. The molecule has 0 bridgehead atoms. The second kappa shape index (κ2) is 9.27. The van der Waals surface area contributed by atoms with E-state index in [1.165, 1.54) is 14.0 Å². The molecule has 1 amide bonds. The number of carbonyl (C=O) groups excluding carboxylic acids is 2. The molecule has 1 aliphatic rings. The minimum Gasteiger partial charge on any atom is -0.452 e. The molecular formula is C18H25FN2O5S. The highest BCUT2D eigenvalue weighted by molar-refractivity contribution is 7.89. The maximum atomic E-state index is 13.0. The molecule has 0 unspecified atom stereocenters. The van der Waals surface area contributed by atoms with Gasteiger partial charge in [-0.25, -0.2) is 12.8 Å². The SMILES string of the molecule is C[C@H](OC(=O)CN(C)S(=O)(=O)c1ccc(F)cc1)C(=O)N1CCCCCC1. The number of benzene rings is 1. The molecule has 1 fully saturated rings. The van der Waals surface area contributed by atoms with Crippen LogP contribution in [0.1, 0.15) is 32.6 Å². The van der Waals surface area contributed by atoms with Crippen molar-refractivity contribution in [3.05, 3.63) is 30.1 Å². The second-order valence-corrected chi connectivity index (χ2v) is 8.63. The van der Waals surface area contributed by atoms with Gasteiger partial charge in [0.25, 0.3) is 5.91 Å². The van der Waals surface area contributed by atoms with Gasteiger partial charge in [0.05, 0.1) is 4.90 Å². The van der Waals surface area contributed by atoms with Crippen LogP contribution in [0.25, 0.3) is 0 Å². The van der Waals surface area contributed by atoms with Gasteiger partial charge in [-0.3, -0.25) is 9.59 Å². The van der Waals surface area contributed by atoms with Crippen molar-refractivity contribution in [2.75, 3.05) is 26.7 Å². The van der Waals surface area contributed by atoms with Crippen LogP contribution in [0.15, 0.2) is 29.2 Å². The van der Waals surface area contributed by atoms with Gasteiger partial charge in [0.15, 0.2) is 6.10 Å². The number of ether oxygens (including phenoxy) is 1. The van der Waals surface area contributed by atoms with E-state index in [0.29, 0.717) is 13.1 Å². The minimum atomic E-state index is -3.96. The first-order chi connectivity index (χ1) is 12.7. The fourth-order valence-electron chi connectivity index (χ4n) is 2.89. The number of sulfonamides is 1. The Labute approximate surface area is 159 Å². The fourth-order valence-corrected chi connectivity index (χ4v) is 4.00. The third-order valence-corrected chi connectivity index (χ3v) is 6.26. The fraction of sp³-hybridized carbons (Fsp3) is 0.556. The van der Waals surface area contributed by atoms with E-state index in [1.807, 2.05) is 0 Å².